The van der Waals surface area contributed by atoms with Crippen molar-refractivity contribution in [3.63, 3.8) is 0 Å². The number of hydrogen-bond acceptors (Lipinski definition) is 2. The molecule has 0 bridgehead atoms. The Morgan fingerprint density at radius 3 is 2.36 bits per heavy atom. The minimum atomic E-state index is -0.252. The van der Waals surface area contributed by atoms with Crippen LogP contribution in [0.1, 0.15) is 39.0 Å². The van der Waals surface area contributed by atoms with Crippen molar-refractivity contribution in [3.8, 4) is 0 Å². The van der Waals surface area contributed by atoms with Crippen LogP contribution in [0.4, 0.5) is 0 Å². The first-order valence-corrected chi connectivity index (χ1v) is 4.51. The Kier molecular flexibility index (Phi) is 3.06. The van der Waals surface area contributed by atoms with Gasteiger partial charge in [0.2, 0.25) is 0 Å². The molecule has 0 aromatic rings. The second-order valence-corrected chi connectivity index (χ2v) is 3.53. The molecule has 0 radical (unpaired) electrons. The van der Waals surface area contributed by atoms with Crippen molar-refractivity contribution in [1.29, 1.82) is 0 Å². The summed E-state index contributed by atoms with van der Waals surface area (Å²) in [6.45, 7) is 1.79. The van der Waals surface area contributed by atoms with E-state index in [-0.39, 0.29) is 17.7 Å². The molecule has 1 aliphatic carbocycles. The average Bonchev–Trinajstić information content (AvgIpc) is 2.05. The van der Waals surface area contributed by atoms with E-state index < -0.39 is 0 Å². The Labute approximate surface area is 68.2 Å². The van der Waals surface area contributed by atoms with E-state index in [0.717, 1.165) is 12.8 Å². The van der Waals surface area contributed by atoms with Crippen LogP contribution in [0, 0.1) is 5.92 Å². The Balaban J connectivity index is 2.39. The molecule has 0 saturated heterocycles. The molecule has 2 heteroatoms. The lowest BCUT2D eigenvalue weighted by molar-refractivity contribution is -0.124. The predicted octanol–water partition coefficient (Wildman–Crippen LogP) is 1.48. The summed E-state index contributed by atoms with van der Waals surface area (Å²) in [5.74, 6) is 0.549. The van der Waals surface area contributed by atoms with Crippen LogP contribution in [0.3, 0.4) is 0 Å². The highest BCUT2D eigenvalue weighted by molar-refractivity contribution is 5.85. The predicted molar refractivity (Wildman–Crippen MR) is 45.2 cm³/mol. The van der Waals surface area contributed by atoms with E-state index in [1.165, 1.54) is 19.3 Å². The third-order valence-corrected chi connectivity index (χ3v) is 2.46. The minimum Gasteiger partial charge on any atom is -0.322 e. The molecule has 1 aliphatic rings. The first-order valence-electron chi connectivity index (χ1n) is 4.51. The van der Waals surface area contributed by atoms with Gasteiger partial charge in [-0.2, -0.15) is 0 Å². The van der Waals surface area contributed by atoms with Crippen LogP contribution >= 0.6 is 0 Å². The fourth-order valence-electron chi connectivity index (χ4n) is 1.76. The van der Waals surface area contributed by atoms with Gasteiger partial charge in [0, 0.05) is 5.92 Å². The minimum absolute atomic E-state index is 0.252. The van der Waals surface area contributed by atoms with Gasteiger partial charge in [-0.1, -0.05) is 19.3 Å². The topological polar surface area (TPSA) is 43.1 Å². The van der Waals surface area contributed by atoms with Gasteiger partial charge in [-0.05, 0) is 19.8 Å². The molecule has 0 spiro atoms. The Bertz CT molecular complexity index is 136. The summed E-state index contributed by atoms with van der Waals surface area (Å²) in [6.07, 6.45) is 5.86. The second kappa shape index (κ2) is 3.86. The van der Waals surface area contributed by atoms with Crippen molar-refractivity contribution in [3.05, 3.63) is 0 Å². The first-order chi connectivity index (χ1) is 5.22. The van der Waals surface area contributed by atoms with Gasteiger partial charge in [-0.25, -0.2) is 0 Å². The molecular weight excluding hydrogens is 138 g/mol. The van der Waals surface area contributed by atoms with Crippen molar-refractivity contribution in [2.45, 2.75) is 45.1 Å². The molecule has 2 N–H and O–H groups in total. The zero-order chi connectivity index (χ0) is 8.27. The molecular formula is C9H17NO. The summed E-state index contributed by atoms with van der Waals surface area (Å²) >= 11 is 0. The molecule has 0 aromatic carbocycles. The van der Waals surface area contributed by atoms with Gasteiger partial charge in [-0.15, -0.1) is 0 Å². The summed E-state index contributed by atoms with van der Waals surface area (Å²) in [7, 11) is 0. The molecule has 0 amide bonds. The lowest BCUT2D eigenvalue weighted by Gasteiger charge is -2.21. The maximum atomic E-state index is 11.4. The molecule has 64 valence electrons. The number of carbonyl (C=O) groups excluding carboxylic acids is 1. The zero-order valence-corrected chi connectivity index (χ0v) is 7.18. The molecule has 0 unspecified atom stereocenters. The lowest BCUT2D eigenvalue weighted by atomic mass is 9.84. The van der Waals surface area contributed by atoms with Gasteiger partial charge in [0.05, 0.1) is 6.04 Å². The number of ketones is 1. The summed E-state index contributed by atoms with van der Waals surface area (Å²) in [6, 6.07) is -0.252. The van der Waals surface area contributed by atoms with E-state index in [0.29, 0.717) is 0 Å². The highest BCUT2D eigenvalue weighted by atomic mass is 16.1. The number of hydrogen-bond donors (Lipinski definition) is 1. The largest absolute Gasteiger partial charge is 0.322 e. The van der Waals surface area contributed by atoms with E-state index >= 15 is 0 Å². The third-order valence-electron chi connectivity index (χ3n) is 2.46. The Hall–Kier alpha value is -0.370. The fourth-order valence-corrected chi connectivity index (χ4v) is 1.76. The van der Waals surface area contributed by atoms with Crippen LogP contribution in [0.2, 0.25) is 0 Å². The highest BCUT2D eigenvalue weighted by Crippen LogP contribution is 2.24. The molecule has 0 aliphatic heterocycles. The third kappa shape index (κ3) is 2.29. The van der Waals surface area contributed by atoms with Gasteiger partial charge in [0.1, 0.15) is 0 Å². The molecule has 11 heavy (non-hydrogen) atoms. The second-order valence-electron chi connectivity index (χ2n) is 3.53. The summed E-state index contributed by atoms with van der Waals surface area (Å²) in [5, 5.41) is 0. The molecule has 2 nitrogen and oxygen atoms in total. The fraction of sp³-hybridized carbons (Fsp3) is 0.889. The SMILES string of the molecule is C[C@@H](N)C(=O)C1CCCCC1. The van der Waals surface area contributed by atoms with E-state index in [9.17, 15) is 4.79 Å². The Morgan fingerprint density at radius 2 is 1.91 bits per heavy atom. The Morgan fingerprint density at radius 1 is 1.36 bits per heavy atom. The van der Waals surface area contributed by atoms with Crippen molar-refractivity contribution >= 4 is 5.78 Å². The quantitative estimate of drug-likeness (QED) is 0.656. The molecule has 1 atom stereocenters. The first kappa shape index (κ1) is 8.72. The molecule has 1 rings (SSSR count). The molecule has 0 aromatic heterocycles. The van der Waals surface area contributed by atoms with Crippen LogP contribution in [-0.2, 0) is 4.79 Å². The van der Waals surface area contributed by atoms with Crippen molar-refractivity contribution < 1.29 is 4.79 Å². The van der Waals surface area contributed by atoms with Crippen LogP contribution < -0.4 is 5.73 Å². The zero-order valence-electron chi connectivity index (χ0n) is 7.18. The van der Waals surface area contributed by atoms with E-state index in [1.54, 1.807) is 6.92 Å². The summed E-state index contributed by atoms with van der Waals surface area (Å²) in [4.78, 5) is 11.4. The van der Waals surface area contributed by atoms with Gasteiger partial charge in [-0.3, -0.25) is 4.79 Å². The number of carbonyl (C=O) groups is 1. The van der Waals surface area contributed by atoms with Gasteiger partial charge in [0.25, 0.3) is 0 Å². The van der Waals surface area contributed by atoms with Crippen LogP contribution in [0.15, 0.2) is 0 Å². The van der Waals surface area contributed by atoms with Gasteiger partial charge in [0.15, 0.2) is 5.78 Å². The molecule has 1 fully saturated rings. The smallest absolute Gasteiger partial charge is 0.152 e. The maximum absolute atomic E-state index is 11.4. The highest BCUT2D eigenvalue weighted by Gasteiger charge is 2.22. The van der Waals surface area contributed by atoms with Crippen molar-refractivity contribution in [2.24, 2.45) is 11.7 Å². The van der Waals surface area contributed by atoms with E-state index in [4.69, 9.17) is 5.73 Å². The van der Waals surface area contributed by atoms with Crippen molar-refractivity contribution in [1.82, 2.24) is 0 Å². The monoisotopic (exact) mass is 155 g/mol. The molecule has 0 heterocycles. The summed E-state index contributed by atoms with van der Waals surface area (Å²) in [5.41, 5.74) is 5.52. The maximum Gasteiger partial charge on any atom is 0.152 e. The van der Waals surface area contributed by atoms with E-state index in [2.05, 4.69) is 0 Å². The lowest BCUT2D eigenvalue weighted by Crippen LogP contribution is -2.33. The van der Waals surface area contributed by atoms with E-state index in [1.807, 2.05) is 0 Å². The van der Waals surface area contributed by atoms with Gasteiger partial charge >= 0.3 is 0 Å². The number of nitrogens with two attached hydrogens (primary N) is 1. The number of Topliss-reactive ketones (excluding diaryl/α,β-unsaturated/α-hetero) is 1. The van der Waals surface area contributed by atoms with Crippen LogP contribution in [0.5, 0.6) is 0 Å². The van der Waals surface area contributed by atoms with Crippen LogP contribution in [0.25, 0.3) is 0 Å². The number of rotatable bonds is 2. The van der Waals surface area contributed by atoms with Crippen molar-refractivity contribution in [2.75, 3.05) is 0 Å². The van der Waals surface area contributed by atoms with Gasteiger partial charge < -0.3 is 5.73 Å². The standard InChI is InChI=1S/C9H17NO/c1-7(10)9(11)8-5-3-2-4-6-8/h7-8H,2-6,10H2,1H3/t7-/m1/s1. The van der Waals surface area contributed by atoms with Crippen LogP contribution in [-0.4, -0.2) is 11.8 Å². The average molecular weight is 155 g/mol. The normalized spacial score (nSPS) is 23.1. The molecule has 1 saturated carbocycles. The summed E-state index contributed by atoms with van der Waals surface area (Å²) < 4.78 is 0.